The van der Waals surface area contributed by atoms with E-state index in [2.05, 4.69) is 34.8 Å². The fourth-order valence-corrected chi connectivity index (χ4v) is 1.23. The second-order valence-electron chi connectivity index (χ2n) is 2.07. The molecule has 0 rings (SSSR count). The quantitative estimate of drug-likeness (QED) is 0.755. The summed E-state index contributed by atoms with van der Waals surface area (Å²) in [6.07, 6.45) is 5.75. The predicted octanol–water partition coefficient (Wildman–Crippen LogP) is 3.55. The SMILES string of the molecule is C=CC(=C)C(=C\C)/C(Br)=C\C.CN. The van der Waals surface area contributed by atoms with Crippen molar-refractivity contribution in [3.05, 3.63) is 47.0 Å². The van der Waals surface area contributed by atoms with Crippen molar-refractivity contribution in [3.8, 4) is 0 Å². The number of halogens is 1. The van der Waals surface area contributed by atoms with Gasteiger partial charge in [-0.25, -0.2) is 0 Å². The smallest absolute Gasteiger partial charge is 0.0207 e. The molecule has 0 unspecified atom stereocenters. The molecular formula is C11H18BrN. The highest BCUT2D eigenvalue weighted by molar-refractivity contribution is 9.12. The van der Waals surface area contributed by atoms with E-state index < -0.39 is 0 Å². The van der Waals surface area contributed by atoms with Crippen molar-refractivity contribution in [2.75, 3.05) is 7.05 Å². The van der Waals surface area contributed by atoms with Crippen LogP contribution in [0.15, 0.2) is 47.0 Å². The number of allylic oxidation sites excluding steroid dienone is 6. The Bertz CT molecular complexity index is 220. The number of hydrogen-bond donors (Lipinski definition) is 1. The summed E-state index contributed by atoms with van der Waals surface area (Å²) >= 11 is 3.43. The summed E-state index contributed by atoms with van der Waals surface area (Å²) < 4.78 is 1.06. The molecule has 0 radical (unpaired) electrons. The Morgan fingerprint density at radius 3 is 1.92 bits per heavy atom. The van der Waals surface area contributed by atoms with E-state index in [1.165, 1.54) is 7.05 Å². The van der Waals surface area contributed by atoms with Crippen LogP contribution >= 0.6 is 15.9 Å². The fourth-order valence-electron chi connectivity index (χ4n) is 0.742. The first kappa shape index (κ1) is 14.9. The predicted molar refractivity (Wildman–Crippen MR) is 65.9 cm³/mol. The maximum absolute atomic E-state index is 4.50. The fraction of sp³-hybridized carbons (Fsp3) is 0.273. The Balaban J connectivity index is 0. The molecule has 2 heteroatoms. The van der Waals surface area contributed by atoms with Gasteiger partial charge in [0.2, 0.25) is 0 Å². The van der Waals surface area contributed by atoms with Crippen LogP contribution in [0.2, 0.25) is 0 Å². The molecule has 0 fully saturated rings. The highest BCUT2D eigenvalue weighted by Gasteiger charge is 1.99. The minimum Gasteiger partial charge on any atom is -0.333 e. The lowest BCUT2D eigenvalue weighted by atomic mass is 10.1. The zero-order valence-electron chi connectivity index (χ0n) is 8.60. The lowest BCUT2D eigenvalue weighted by molar-refractivity contribution is 1.48. The van der Waals surface area contributed by atoms with E-state index in [-0.39, 0.29) is 0 Å². The Morgan fingerprint density at radius 2 is 1.69 bits per heavy atom. The lowest BCUT2D eigenvalue weighted by Gasteiger charge is -2.03. The first-order chi connectivity index (χ1) is 6.17. The van der Waals surface area contributed by atoms with Gasteiger partial charge < -0.3 is 5.73 Å². The Hall–Kier alpha value is -0.600. The zero-order chi connectivity index (χ0) is 10.9. The monoisotopic (exact) mass is 243 g/mol. The first-order valence-electron chi connectivity index (χ1n) is 4.05. The molecule has 0 heterocycles. The van der Waals surface area contributed by atoms with Crippen molar-refractivity contribution < 1.29 is 0 Å². The topological polar surface area (TPSA) is 26.0 Å². The summed E-state index contributed by atoms with van der Waals surface area (Å²) in [5.74, 6) is 0. The summed E-state index contributed by atoms with van der Waals surface area (Å²) in [6, 6.07) is 0. The van der Waals surface area contributed by atoms with Crippen LogP contribution in [-0.2, 0) is 0 Å². The molecule has 2 N–H and O–H groups in total. The van der Waals surface area contributed by atoms with Gasteiger partial charge in [0.1, 0.15) is 0 Å². The second kappa shape index (κ2) is 9.49. The van der Waals surface area contributed by atoms with Crippen LogP contribution in [0, 0.1) is 0 Å². The summed E-state index contributed by atoms with van der Waals surface area (Å²) in [5.41, 5.74) is 6.54. The van der Waals surface area contributed by atoms with Crippen LogP contribution in [0.25, 0.3) is 0 Å². The molecule has 0 saturated heterocycles. The number of nitrogens with two attached hydrogens (primary N) is 1. The summed E-state index contributed by atoms with van der Waals surface area (Å²) in [5, 5.41) is 0. The van der Waals surface area contributed by atoms with E-state index in [1.54, 1.807) is 6.08 Å². The molecule has 1 nitrogen and oxygen atoms in total. The van der Waals surface area contributed by atoms with E-state index in [0.717, 1.165) is 15.6 Å². The van der Waals surface area contributed by atoms with Gasteiger partial charge in [0.25, 0.3) is 0 Å². The maximum atomic E-state index is 4.50. The van der Waals surface area contributed by atoms with Crippen LogP contribution in [0.4, 0.5) is 0 Å². The van der Waals surface area contributed by atoms with Gasteiger partial charge in [0.15, 0.2) is 0 Å². The molecule has 13 heavy (non-hydrogen) atoms. The van der Waals surface area contributed by atoms with Crippen molar-refractivity contribution in [2.45, 2.75) is 13.8 Å². The molecule has 0 bridgehead atoms. The molecule has 0 amide bonds. The number of rotatable bonds is 3. The van der Waals surface area contributed by atoms with Crippen molar-refractivity contribution in [1.29, 1.82) is 0 Å². The van der Waals surface area contributed by atoms with Gasteiger partial charge in [-0.05, 0) is 32.0 Å². The molecule has 0 aromatic carbocycles. The lowest BCUT2D eigenvalue weighted by Crippen LogP contribution is -1.83. The molecule has 74 valence electrons. The van der Waals surface area contributed by atoms with Crippen LogP contribution in [0.3, 0.4) is 0 Å². The molecule has 0 aliphatic rings. The Kier molecular flexibility index (Phi) is 10.9. The van der Waals surface area contributed by atoms with Gasteiger partial charge >= 0.3 is 0 Å². The van der Waals surface area contributed by atoms with Gasteiger partial charge in [0, 0.05) is 4.48 Å². The van der Waals surface area contributed by atoms with Crippen molar-refractivity contribution >= 4 is 15.9 Å². The second-order valence-corrected chi connectivity index (χ2v) is 2.92. The maximum Gasteiger partial charge on any atom is 0.0207 e. The van der Waals surface area contributed by atoms with Gasteiger partial charge in [-0.2, -0.15) is 0 Å². The van der Waals surface area contributed by atoms with Crippen LogP contribution < -0.4 is 5.73 Å². The largest absolute Gasteiger partial charge is 0.333 e. The minimum atomic E-state index is 0.942. The third kappa shape index (κ3) is 5.61. The third-order valence-corrected chi connectivity index (χ3v) is 2.28. The highest BCUT2D eigenvalue weighted by atomic mass is 79.9. The van der Waals surface area contributed by atoms with Crippen LogP contribution in [-0.4, -0.2) is 7.05 Å². The minimum absolute atomic E-state index is 0.942. The summed E-state index contributed by atoms with van der Waals surface area (Å²) in [6.45, 7) is 11.5. The van der Waals surface area contributed by atoms with E-state index in [0.29, 0.717) is 0 Å². The first-order valence-corrected chi connectivity index (χ1v) is 4.84. The normalized spacial score (nSPS) is 11.5. The van der Waals surface area contributed by atoms with Crippen LogP contribution in [0.1, 0.15) is 13.8 Å². The average molecular weight is 244 g/mol. The van der Waals surface area contributed by atoms with Crippen molar-refractivity contribution in [1.82, 2.24) is 0 Å². The van der Waals surface area contributed by atoms with Gasteiger partial charge in [-0.15, -0.1) is 0 Å². The molecular weight excluding hydrogens is 226 g/mol. The summed E-state index contributed by atoms with van der Waals surface area (Å²) in [7, 11) is 1.50. The Labute approximate surface area is 89.8 Å². The molecule has 0 aromatic heterocycles. The average Bonchev–Trinajstić information content (AvgIpc) is 2.21. The molecule has 0 spiro atoms. The zero-order valence-corrected chi connectivity index (χ0v) is 10.2. The molecule has 0 atom stereocenters. The highest BCUT2D eigenvalue weighted by Crippen LogP contribution is 2.23. The van der Waals surface area contributed by atoms with Gasteiger partial charge in [-0.3, -0.25) is 0 Å². The van der Waals surface area contributed by atoms with E-state index in [1.807, 2.05) is 26.0 Å². The van der Waals surface area contributed by atoms with Gasteiger partial charge in [0.05, 0.1) is 0 Å². The van der Waals surface area contributed by atoms with E-state index >= 15 is 0 Å². The van der Waals surface area contributed by atoms with E-state index in [4.69, 9.17) is 0 Å². The third-order valence-electron chi connectivity index (χ3n) is 1.39. The van der Waals surface area contributed by atoms with Crippen LogP contribution in [0.5, 0.6) is 0 Å². The summed E-state index contributed by atoms with van der Waals surface area (Å²) in [4.78, 5) is 0. The van der Waals surface area contributed by atoms with E-state index in [9.17, 15) is 0 Å². The molecule has 0 saturated carbocycles. The molecule has 0 aliphatic carbocycles. The van der Waals surface area contributed by atoms with Crippen molar-refractivity contribution in [3.63, 3.8) is 0 Å². The Morgan fingerprint density at radius 1 is 1.23 bits per heavy atom. The molecule has 0 aliphatic heterocycles. The standard InChI is InChI=1S/C10H13Br.CH5N/c1-5-8(4)9(6-2)10(11)7-3;1-2/h5-7H,1,4H2,2-3H3;2H2,1H3/b9-6+,10-7+;. The van der Waals surface area contributed by atoms with Gasteiger partial charge in [-0.1, -0.05) is 47.3 Å². The molecule has 0 aromatic rings. The van der Waals surface area contributed by atoms with Crippen molar-refractivity contribution in [2.24, 2.45) is 5.73 Å². The number of hydrogen-bond acceptors (Lipinski definition) is 1.